The molecule has 2 atom stereocenters. The molecule has 122 valence electrons. The maximum Gasteiger partial charge on any atom is 0.0880 e. The number of rotatable bonds is 5. The Morgan fingerprint density at radius 2 is 1.95 bits per heavy atom. The molecule has 0 radical (unpaired) electrons. The molecule has 2 unspecified atom stereocenters. The SMILES string of the molecule is CCOC1(C(NC)C2CCOC3(CCC3)C2)CCOCC1. The second-order valence-electron chi connectivity index (χ2n) is 7.01. The molecule has 3 rings (SSSR count). The highest BCUT2D eigenvalue weighted by atomic mass is 16.5. The van der Waals surface area contributed by atoms with E-state index in [1.54, 1.807) is 0 Å². The number of hydrogen-bond acceptors (Lipinski definition) is 4. The largest absolute Gasteiger partial charge is 0.381 e. The monoisotopic (exact) mass is 297 g/mol. The molecule has 3 fully saturated rings. The fourth-order valence-electron chi connectivity index (χ4n) is 4.75. The molecule has 0 aromatic carbocycles. The van der Waals surface area contributed by atoms with Gasteiger partial charge in [-0.15, -0.1) is 0 Å². The second-order valence-corrected chi connectivity index (χ2v) is 7.01. The minimum absolute atomic E-state index is 0.0469. The third kappa shape index (κ3) is 3.00. The van der Waals surface area contributed by atoms with Gasteiger partial charge < -0.3 is 19.5 Å². The van der Waals surface area contributed by atoms with Crippen molar-refractivity contribution in [3.05, 3.63) is 0 Å². The van der Waals surface area contributed by atoms with E-state index in [-0.39, 0.29) is 11.2 Å². The normalized spacial score (nSPS) is 32.6. The van der Waals surface area contributed by atoms with E-state index in [0.29, 0.717) is 12.0 Å². The van der Waals surface area contributed by atoms with Crippen molar-refractivity contribution in [1.82, 2.24) is 5.32 Å². The Balaban J connectivity index is 1.75. The molecule has 0 aromatic heterocycles. The van der Waals surface area contributed by atoms with Crippen LogP contribution in [-0.4, -0.2) is 50.7 Å². The van der Waals surface area contributed by atoms with Crippen LogP contribution in [0.2, 0.25) is 0 Å². The minimum atomic E-state index is -0.0469. The molecule has 1 saturated carbocycles. The fourth-order valence-corrected chi connectivity index (χ4v) is 4.75. The first-order chi connectivity index (χ1) is 10.2. The standard InChI is InChI=1S/C17H31NO3/c1-3-20-17(8-11-19-12-9-17)15(18-2)14-5-10-21-16(13-14)6-4-7-16/h14-15,18H,3-13H2,1-2H3. The molecule has 1 aliphatic carbocycles. The van der Waals surface area contributed by atoms with Crippen molar-refractivity contribution in [2.24, 2.45) is 5.92 Å². The van der Waals surface area contributed by atoms with Crippen LogP contribution in [0.3, 0.4) is 0 Å². The molecule has 2 heterocycles. The van der Waals surface area contributed by atoms with Gasteiger partial charge in [0.15, 0.2) is 0 Å². The minimum Gasteiger partial charge on any atom is -0.381 e. The first-order valence-electron chi connectivity index (χ1n) is 8.77. The summed E-state index contributed by atoms with van der Waals surface area (Å²) in [6.45, 7) is 5.47. The zero-order valence-electron chi connectivity index (χ0n) is 13.7. The maximum absolute atomic E-state index is 6.31. The van der Waals surface area contributed by atoms with Gasteiger partial charge in [0.1, 0.15) is 0 Å². The molecule has 21 heavy (non-hydrogen) atoms. The van der Waals surface area contributed by atoms with Crippen molar-refractivity contribution >= 4 is 0 Å². The van der Waals surface area contributed by atoms with Gasteiger partial charge in [0.2, 0.25) is 0 Å². The van der Waals surface area contributed by atoms with E-state index < -0.39 is 0 Å². The van der Waals surface area contributed by atoms with Crippen LogP contribution in [0, 0.1) is 5.92 Å². The summed E-state index contributed by atoms with van der Waals surface area (Å²) in [6, 6.07) is 0.419. The van der Waals surface area contributed by atoms with Gasteiger partial charge in [-0.05, 0) is 52.0 Å². The van der Waals surface area contributed by atoms with E-state index in [9.17, 15) is 0 Å². The van der Waals surface area contributed by atoms with Gasteiger partial charge in [0.25, 0.3) is 0 Å². The quantitative estimate of drug-likeness (QED) is 0.846. The van der Waals surface area contributed by atoms with E-state index >= 15 is 0 Å². The summed E-state index contributed by atoms with van der Waals surface area (Å²) in [4.78, 5) is 0. The van der Waals surface area contributed by atoms with Gasteiger partial charge in [0.05, 0.1) is 11.2 Å². The molecular formula is C17H31NO3. The molecule has 3 aliphatic rings. The number of hydrogen-bond donors (Lipinski definition) is 1. The smallest absolute Gasteiger partial charge is 0.0880 e. The average molecular weight is 297 g/mol. The average Bonchev–Trinajstić information content (AvgIpc) is 2.48. The van der Waals surface area contributed by atoms with Crippen LogP contribution in [0.4, 0.5) is 0 Å². The van der Waals surface area contributed by atoms with Crippen molar-refractivity contribution in [2.75, 3.05) is 33.5 Å². The number of nitrogens with one attached hydrogen (secondary N) is 1. The lowest BCUT2D eigenvalue weighted by atomic mass is 9.67. The highest BCUT2D eigenvalue weighted by molar-refractivity contribution is 5.03. The van der Waals surface area contributed by atoms with Crippen LogP contribution in [-0.2, 0) is 14.2 Å². The van der Waals surface area contributed by atoms with Crippen molar-refractivity contribution in [3.63, 3.8) is 0 Å². The Labute approximate surface area is 128 Å². The molecule has 0 amide bonds. The summed E-state index contributed by atoms with van der Waals surface area (Å²) in [5.74, 6) is 0.661. The fraction of sp³-hybridized carbons (Fsp3) is 1.00. The van der Waals surface area contributed by atoms with Crippen molar-refractivity contribution in [1.29, 1.82) is 0 Å². The first kappa shape index (κ1) is 15.7. The summed E-state index contributed by atoms with van der Waals surface area (Å²) in [6.07, 6.45) is 8.22. The summed E-state index contributed by atoms with van der Waals surface area (Å²) in [5, 5.41) is 3.62. The zero-order valence-corrected chi connectivity index (χ0v) is 13.7. The Morgan fingerprint density at radius 1 is 1.19 bits per heavy atom. The van der Waals surface area contributed by atoms with E-state index in [0.717, 1.165) is 45.7 Å². The topological polar surface area (TPSA) is 39.7 Å². The van der Waals surface area contributed by atoms with Crippen LogP contribution in [0.1, 0.15) is 51.9 Å². The second kappa shape index (κ2) is 6.53. The van der Waals surface area contributed by atoms with Gasteiger partial charge in [0, 0.05) is 45.3 Å². The lowest BCUT2D eigenvalue weighted by Crippen LogP contribution is -2.60. The maximum atomic E-state index is 6.31. The highest BCUT2D eigenvalue weighted by Gasteiger charge is 2.50. The van der Waals surface area contributed by atoms with E-state index in [4.69, 9.17) is 14.2 Å². The number of ether oxygens (including phenoxy) is 3. The molecular weight excluding hydrogens is 266 g/mol. The van der Waals surface area contributed by atoms with Gasteiger partial charge in [-0.3, -0.25) is 0 Å². The number of likely N-dealkylation sites (N-methyl/N-ethyl adjacent to an activating group) is 1. The lowest BCUT2D eigenvalue weighted by molar-refractivity contribution is -0.176. The Kier molecular flexibility index (Phi) is 4.89. The van der Waals surface area contributed by atoms with Crippen LogP contribution in [0.15, 0.2) is 0 Å². The van der Waals surface area contributed by atoms with E-state index in [1.165, 1.54) is 25.7 Å². The van der Waals surface area contributed by atoms with Crippen molar-refractivity contribution < 1.29 is 14.2 Å². The van der Waals surface area contributed by atoms with Crippen LogP contribution >= 0.6 is 0 Å². The van der Waals surface area contributed by atoms with Gasteiger partial charge in [-0.2, -0.15) is 0 Å². The molecule has 1 N–H and O–H groups in total. The molecule has 4 nitrogen and oxygen atoms in total. The van der Waals surface area contributed by atoms with Gasteiger partial charge in [-0.25, -0.2) is 0 Å². The summed E-state index contributed by atoms with van der Waals surface area (Å²) >= 11 is 0. The molecule has 4 heteroatoms. The van der Waals surface area contributed by atoms with Crippen LogP contribution in [0.5, 0.6) is 0 Å². The van der Waals surface area contributed by atoms with Crippen LogP contribution in [0.25, 0.3) is 0 Å². The molecule has 0 aromatic rings. The highest BCUT2D eigenvalue weighted by Crippen LogP contribution is 2.47. The van der Waals surface area contributed by atoms with Crippen LogP contribution < -0.4 is 5.32 Å². The summed E-state index contributed by atoms with van der Waals surface area (Å²) in [7, 11) is 2.10. The Hall–Kier alpha value is -0.160. The van der Waals surface area contributed by atoms with Crippen molar-refractivity contribution in [2.45, 2.75) is 69.1 Å². The molecule has 0 bridgehead atoms. The van der Waals surface area contributed by atoms with Crippen molar-refractivity contribution in [3.8, 4) is 0 Å². The Bertz CT molecular complexity index is 331. The molecule has 2 saturated heterocycles. The van der Waals surface area contributed by atoms with E-state index in [2.05, 4.69) is 19.3 Å². The lowest BCUT2D eigenvalue weighted by Gasteiger charge is -2.52. The predicted octanol–water partition coefficient (Wildman–Crippen LogP) is 2.51. The van der Waals surface area contributed by atoms with Gasteiger partial charge >= 0.3 is 0 Å². The predicted molar refractivity (Wildman–Crippen MR) is 82.5 cm³/mol. The summed E-state index contributed by atoms with van der Waals surface area (Å²) < 4.78 is 18.0. The third-order valence-electron chi connectivity index (χ3n) is 5.92. The van der Waals surface area contributed by atoms with Gasteiger partial charge in [-0.1, -0.05) is 0 Å². The third-order valence-corrected chi connectivity index (χ3v) is 5.92. The first-order valence-corrected chi connectivity index (χ1v) is 8.77. The zero-order chi connectivity index (χ0) is 14.8. The Morgan fingerprint density at radius 3 is 2.52 bits per heavy atom. The molecule has 2 aliphatic heterocycles. The summed E-state index contributed by atoms with van der Waals surface area (Å²) in [5.41, 5.74) is 0.158. The molecule has 1 spiro atoms. The van der Waals surface area contributed by atoms with E-state index in [1.807, 2.05) is 0 Å².